The average molecular weight is 591 g/mol. The third-order valence-corrected chi connectivity index (χ3v) is 9.31. The van der Waals surface area contributed by atoms with E-state index in [1.165, 1.54) is 22.5 Å². The van der Waals surface area contributed by atoms with Crippen LogP contribution in [-0.4, -0.2) is 78.2 Å². The maximum atomic E-state index is 13.1. The number of aliphatic imine (C=N–C) groups is 1. The standard InChI is InChI=1S/C28H29F3N4O5S/c1-17-12-20(25(37)34-15-22(36)16-34)13-18(2)23(17)6-11-41(39,40)35-9-7-27(8-10-35)26(38)32-24(33-27)19-4-3-5-21(14-19)28(29,30)31/h3-6,11-14,22,36H,7-10,15-16H2,1-2H3,(H,32,33,38)/b11-6+. The minimum atomic E-state index is -4.54. The highest BCUT2D eigenvalue weighted by molar-refractivity contribution is 7.92. The second-order valence-corrected chi connectivity index (χ2v) is 12.5. The van der Waals surface area contributed by atoms with Crippen molar-refractivity contribution in [1.82, 2.24) is 14.5 Å². The number of sulfonamides is 1. The van der Waals surface area contributed by atoms with Crippen LogP contribution in [0.15, 0.2) is 46.8 Å². The molecule has 3 aliphatic rings. The number of carbonyl (C=O) groups is 2. The van der Waals surface area contributed by atoms with Gasteiger partial charge in [0.1, 0.15) is 11.4 Å². The van der Waals surface area contributed by atoms with E-state index in [1.54, 1.807) is 30.9 Å². The maximum absolute atomic E-state index is 13.1. The number of aliphatic hydroxyl groups excluding tert-OH is 1. The van der Waals surface area contributed by atoms with Crippen molar-refractivity contribution in [3.63, 3.8) is 0 Å². The second-order valence-electron chi connectivity index (χ2n) is 10.7. The second kappa shape index (κ2) is 10.4. The van der Waals surface area contributed by atoms with E-state index >= 15 is 0 Å². The number of β-amino-alcohol motifs (C(OH)–C–C–N with tert-alkyl or cyclic N) is 1. The zero-order valence-electron chi connectivity index (χ0n) is 22.4. The number of carbonyl (C=O) groups excluding carboxylic acids is 2. The van der Waals surface area contributed by atoms with Gasteiger partial charge in [-0.25, -0.2) is 8.42 Å². The largest absolute Gasteiger partial charge is 0.416 e. The van der Waals surface area contributed by atoms with Crippen LogP contribution in [0.4, 0.5) is 13.2 Å². The van der Waals surface area contributed by atoms with Crippen molar-refractivity contribution in [2.24, 2.45) is 4.99 Å². The number of nitrogens with zero attached hydrogens (tertiary/aromatic N) is 3. The van der Waals surface area contributed by atoms with Crippen LogP contribution in [0.1, 0.15) is 51.0 Å². The van der Waals surface area contributed by atoms with E-state index in [0.717, 1.165) is 28.7 Å². The first-order chi connectivity index (χ1) is 19.2. The van der Waals surface area contributed by atoms with E-state index in [4.69, 9.17) is 0 Å². The third kappa shape index (κ3) is 5.66. The molecule has 0 radical (unpaired) electrons. The van der Waals surface area contributed by atoms with Crippen LogP contribution in [0.3, 0.4) is 0 Å². The Hall–Kier alpha value is -3.55. The van der Waals surface area contributed by atoms with Gasteiger partial charge in [0, 0.05) is 42.7 Å². The molecule has 9 nitrogen and oxygen atoms in total. The van der Waals surface area contributed by atoms with E-state index < -0.39 is 39.3 Å². The third-order valence-electron chi connectivity index (χ3n) is 7.75. The molecule has 13 heteroatoms. The van der Waals surface area contributed by atoms with Crippen molar-refractivity contribution in [2.45, 2.75) is 44.5 Å². The molecule has 1 spiro atoms. The van der Waals surface area contributed by atoms with E-state index in [-0.39, 0.29) is 56.3 Å². The van der Waals surface area contributed by atoms with Gasteiger partial charge in [0.15, 0.2) is 0 Å². The summed E-state index contributed by atoms with van der Waals surface area (Å²) in [7, 11) is -3.86. The number of amidine groups is 1. The molecule has 2 N–H and O–H groups in total. The summed E-state index contributed by atoms with van der Waals surface area (Å²) in [6.45, 7) is 4.15. The Kier molecular flexibility index (Phi) is 7.33. The first-order valence-corrected chi connectivity index (χ1v) is 14.5. The molecule has 3 heterocycles. The predicted molar refractivity (Wildman–Crippen MR) is 145 cm³/mol. The van der Waals surface area contributed by atoms with Crippen LogP contribution in [0, 0.1) is 13.8 Å². The van der Waals surface area contributed by atoms with Gasteiger partial charge in [-0.05, 0) is 73.7 Å². The lowest BCUT2D eigenvalue weighted by molar-refractivity contribution is -0.137. The van der Waals surface area contributed by atoms with Crippen LogP contribution in [0.25, 0.3) is 6.08 Å². The van der Waals surface area contributed by atoms with Gasteiger partial charge in [0.25, 0.3) is 11.8 Å². The number of nitrogens with one attached hydrogen (secondary N) is 1. The molecule has 2 amide bonds. The smallest absolute Gasteiger partial charge is 0.389 e. The molecule has 0 aromatic heterocycles. The molecule has 2 fully saturated rings. The Morgan fingerprint density at radius 3 is 2.34 bits per heavy atom. The van der Waals surface area contributed by atoms with Gasteiger partial charge < -0.3 is 15.3 Å². The molecule has 0 saturated carbocycles. The van der Waals surface area contributed by atoms with Crippen LogP contribution in [0.5, 0.6) is 0 Å². The maximum Gasteiger partial charge on any atom is 0.416 e. The Morgan fingerprint density at radius 2 is 1.76 bits per heavy atom. The summed E-state index contributed by atoms with van der Waals surface area (Å²) in [6.07, 6.45) is -3.41. The number of rotatable bonds is 5. The molecule has 0 bridgehead atoms. The Balaban J connectivity index is 1.28. The molecule has 2 aromatic rings. The van der Waals surface area contributed by atoms with Crippen molar-refractivity contribution >= 4 is 33.7 Å². The topological polar surface area (TPSA) is 119 Å². The minimum Gasteiger partial charge on any atom is -0.389 e. The van der Waals surface area contributed by atoms with Crippen molar-refractivity contribution in [3.8, 4) is 0 Å². The number of alkyl halides is 3. The molecule has 41 heavy (non-hydrogen) atoms. The lowest BCUT2D eigenvalue weighted by Crippen LogP contribution is -2.53. The molecular formula is C28H29F3N4O5S. The monoisotopic (exact) mass is 590 g/mol. The summed E-state index contributed by atoms with van der Waals surface area (Å²) >= 11 is 0. The molecule has 0 unspecified atom stereocenters. The van der Waals surface area contributed by atoms with Gasteiger partial charge in [-0.15, -0.1) is 0 Å². The van der Waals surface area contributed by atoms with Gasteiger partial charge in [0.05, 0.1) is 11.7 Å². The summed E-state index contributed by atoms with van der Waals surface area (Å²) in [5.41, 5.74) is 0.588. The quantitative estimate of drug-likeness (QED) is 0.555. The Morgan fingerprint density at radius 1 is 1.12 bits per heavy atom. The van der Waals surface area contributed by atoms with Gasteiger partial charge in [-0.3, -0.25) is 14.6 Å². The fourth-order valence-electron chi connectivity index (χ4n) is 5.35. The van der Waals surface area contributed by atoms with Crippen molar-refractivity contribution in [3.05, 3.63) is 75.2 Å². The molecule has 2 saturated heterocycles. The highest BCUT2D eigenvalue weighted by Gasteiger charge is 2.47. The molecule has 0 atom stereocenters. The predicted octanol–water partition coefficient (Wildman–Crippen LogP) is 2.85. The SMILES string of the molecule is Cc1cc(C(=O)N2CC(O)C2)cc(C)c1/C=C/S(=O)(=O)N1CCC2(CC1)N=C(c1cccc(C(F)(F)F)c1)NC2=O. The van der Waals surface area contributed by atoms with Crippen LogP contribution in [0.2, 0.25) is 0 Å². The number of halogens is 3. The van der Waals surface area contributed by atoms with Gasteiger partial charge in [-0.2, -0.15) is 17.5 Å². The highest BCUT2D eigenvalue weighted by atomic mass is 32.2. The number of hydrogen-bond donors (Lipinski definition) is 2. The van der Waals surface area contributed by atoms with E-state index in [1.807, 2.05) is 0 Å². The van der Waals surface area contributed by atoms with Crippen molar-refractivity contribution < 1.29 is 36.3 Å². The summed E-state index contributed by atoms with van der Waals surface area (Å²) in [6, 6.07) is 7.91. The zero-order valence-corrected chi connectivity index (χ0v) is 23.2. The van der Waals surface area contributed by atoms with Crippen LogP contribution < -0.4 is 5.32 Å². The highest BCUT2D eigenvalue weighted by Crippen LogP contribution is 2.34. The van der Waals surface area contributed by atoms with Gasteiger partial charge in [0.2, 0.25) is 10.0 Å². The molecule has 0 aliphatic carbocycles. The normalized spacial score (nSPS) is 19.9. The van der Waals surface area contributed by atoms with Crippen molar-refractivity contribution in [1.29, 1.82) is 0 Å². The lowest BCUT2D eigenvalue weighted by Gasteiger charge is -2.36. The summed E-state index contributed by atoms with van der Waals surface area (Å²) < 4.78 is 66.9. The summed E-state index contributed by atoms with van der Waals surface area (Å²) in [4.78, 5) is 31.4. The van der Waals surface area contributed by atoms with Gasteiger partial charge >= 0.3 is 6.18 Å². The molecule has 2 aromatic carbocycles. The van der Waals surface area contributed by atoms with Gasteiger partial charge in [-0.1, -0.05) is 12.1 Å². The first-order valence-electron chi connectivity index (χ1n) is 13.0. The molecule has 3 aliphatic heterocycles. The number of piperidine rings is 1. The van der Waals surface area contributed by atoms with E-state index in [9.17, 15) is 36.3 Å². The van der Waals surface area contributed by atoms with Crippen LogP contribution >= 0.6 is 0 Å². The number of aryl methyl sites for hydroxylation is 2. The zero-order chi connectivity index (χ0) is 29.7. The van der Waals surface area contributed by atoms with Crippen LogP contribution in [-0.2, 0) is 21.0 Å². The average Bonchev–Trinajstić information content (AvgIpc) is 3.20. The molecular weight excluding hydrogens is 561 g/mol. The van der Waals surface area contributed by atoms with E-state index in [0.29, 0.717) is 11.1 Å². The fraction of sp³-hybridized carbons (Fsp3) is 0.393. The number of amides is 2. The summed E-state index contributed by atoms with van der Waals surface area (Å²) in [5, 5.41) is 13.1. The summed E-state index contributed by atoms with van der Waals surface area (Å²) in [5.74, 6) is -0.622. The van der Waals surface area contributed by atoms with E-state index in [2.05, 4.69) is 10.3 Å². The molecule has 218 valence electrons. The minimum absolute atomic E-state index is 0.00650. The van der Waals surface area contributed by atoms with Crippen molar-refractivity contribution in [2.75, 3.05) is 26.2 Å². The Labute approximate surface area is 235 Å². The fourth-order valence-corrected chi connectivity index (χ4v) is 6.52. The number of benzene rings is 2. The molecule has 5 rings (SSSR count). The first kappa shape index (κ1) is 29.0. The number of aliphatic hydroxyl groups is 1. The number of hydrogen-bond acceptors (Lipinski definition) is 6. The lowest BCUT2D eigenvalue weighted by atomic mass is 9.89. The number of likely N-dealkylation sites (tertiary alicyclic amines) is 1. The Bertz CT molecular complexity index is 1550.